The molecule has 1 aliphatic carbocycles. The highest BCUT2D eigenvalue weighted by molar-refractivity contribution is 5.63. The molecule has 2 rings (SSSR count). The number of H-pyrrole nitrogens is 1. The molecule has 0 aromatic carbocycles. The van der Waals surface area contributed by atoms with Crippen molar-refractivity contribution in [3.8, 4) is 6.07 Å². The first-order valence-electron chi connectivity index (χ1n) is 4.75. The van der Waals surface area contributed by atoms with Gasteiger partial charge in [0.2, 0.25) is 0 Å². The molecule has 14 heavy (non-hydrogen) atoms. The molecule has 1 aromatic heterocycles. The first kappa shape index (κ1) is 8.88. The maximum atomic E-state index is 8.55. The van der Waals surface area contributed by atoms with Gasteiger partial charge in [-0.3, -0.25) is 5.10 Å². The minimum absolute atomic E-state index is 0.529. The van der Waals surface area contributed by atoms with Crippen molar-refractivity contribution in [2.24, 2.45) is 0 Å². The zero-order valence-corrected chi connectivity index (χ0v) is 7.90. The van der Waals surface area contributed by atoms with E-state index in [4.69, 9.17) is 11.0 Å². The van der Waals surface area contributed by atoms with Gasteiger partial charge in [0.05, 0.1) is 24.4 Å². The summed E-state index contributed by atoms with van der Waals surface area (Å²) in [5, 5.41) is 15.2. The number of anilines is 2. The van der Waals surface area contributed by atoms with E-state index in [1.807, 2.05) is 0 Å². The number of aromatic amines is 1. The van der Waals surface area contributed by atoms with E-state index in [-0.39, 0.29) is 0 Å². The van der Waals surface area contributed by atoms with Crippen LogP contribution >= 0.6 is 0 Å². The van der Waals surface area contributed by atoms with Crippen molar-refractivity contribution in [3.63, 3.8) is 0 Å². The van der Waals surface area contributed by atoms with Gasteiger partial charge in [-0.05, 0) is 12.8 Å². The molecule has 0 spiro atoms. The van der Waals surface area contributed by atoms with Crippen molar-refractivity contribution in [2.45, 2.75) is 25.3 Å². The predicted molar refractivity (Wildman–Crippen MR) is 53.6 cm³/mol. The standard InChI is InChI=1S/C9H13N5/c10-4-1-5-14(7-2-3-7)8-6-12-13-9(8)11/h6-7H,1-3,5H2,(H3,11,12,13). The summed E-state index contributed by atoms with van der Waals surface area (Å²) in [7, 11) is 0. The van der Waals surface area contributed by atoms with Crippen LogP contribution in [0, 0.1) is 11.3 Å². The zero-order valence-electron chi connectivity index (χ0n) is 7.90. The lowest BCUT2D eigenvalue weighted by Crippen LogP contribution is -2.26. The van der Waals surface area contributed by atoms with Crippen molar-refractivity contribution < 1.29 is 0 Å². The number of hydrogen-bond acceptors (Lipinski definition) is 4. The topological polar surface area (TPSA) is 81.7 Å². The quantitative estimate of drug-likeness (QED) is 0.740. The third kappa shape index (κ3) is 1.64. The first-order chi connectivity index (χ1) is 6.83. The van der Waals surface area contributed by atoms with Crippen LogP contribution in [0.2, 0.25) is 0 Å². The van der Waals surface area contributed by atoms with E-state index in [0.29, 0.717) is 18.3 Å². The van der Waals surface area contributed by atoms with Crippen LogP contribution in [-0.4, -0.2) is 22.8 Å². The lowest BCUT2D eigenvalue weighted by molar-refractivity contribution is 0.794. The van der Waals surface area contributed by atoms with E-state index in [1.54, 1.807) is 6.20 Å². The average molecular weight is 191 g/mol. The van der Waals surface area contributed by atoms with Crippen molar-refractivity contribution >= 4 is 11.5 Å². The molecule has 1 heterocycles. The van der Waals surface area contributed by atoms with Gasteiger partial charge in [-0.15, -0.1) is 0 Å². The van der Waals surface area contributed by atoms with Crippen LogP contribution in [0.5, 0.6) is 0 Å². The second-order valence-corrected chi connectivity index (χ2v) is 3.50. The summed E-state index contributed by atoms with van der Waals surface area (Å²) in [5.74, 6) is 0.592. The number of nitrogens with one attached hydrogen (secondary N) is 1. The minimum atomic E-state index is 0.529. The highest BCUT2D eigenvalue weighted by atomic mass is 15.3. The normalized spacial score (nSPS) is 15.1. The molecule has 0 bridgehead atoms. The number of nitrogen functional groups attached to an aromatic ring is 1. The van der Waals surface area contributed by atoms with Gasteiger partial charge in [-0.25, -0.2) is 0 Å². The summed E-state index contributed by atoms with van der Waals surface area (Å²) in [6.07, 6.45) is 4.64. The molecule has 0 amide bonds. The van der Waals surface area contributed by atoms with Gasteiger partial charge < -0.3 is 10.6 Å². The largest absolute Gasteiger partial charge is 0.382 e. The molecule has 3 N–H and O–H groups in total. The molecule has 0 saturated heterocycles. The van der Waals surface area contributed by atoms with Gasteiger partial charge >= 0.3 is 0 Å². The van der Waals surface area contributed by atoms with Crippen molar-refractivity contribution in [1.82, 2.24) is 10.2 Å². The Labute approximate surface area is 82.5 Å². The highest BCUT2D eigenvalue weighted by Crippen LogP contribution is 2.33. The second-order valence-electron chi connectivity index (χ2n) is 3.50. The zero-order chi connectivity index (χ0) is 9.97. The lowest BCUT2D eigenvalue weighted by Gasteiger charge is -2.21. The molecule has 1 aromatic rings. The van der Waals surface area contributed by atoms with Gasteiger partial charge in [-0.1, -0.05) is 0 Å². The number of aromatic nitrogens is 2. The lowest BCUT2D eigenvalue weighted by atomic mass is 10.3. The summed E-state index contributed by atoms with van der Waals surface area (Å²) < 4.78 is 0. The number of nitrogens with zero attached hydrogens (tertiary/aromatic N) is 3. The molecule has 5 nitrogen and oxygen atoms in total. The number of rotatable bonds is 4. The van der Waals surface area contributed by atoms with Crippen LogP contribution in [0.15, 0.2) is 6.20 Å². The van der Waals surface area contributed by atoms with E-state index in [0.717, 1.165) is 12.2 Å². The monoisotopic (exact) mass is 191 g/mol. The highest BCUT2D eigenvalue weighted by Gasteiger charge is 2.30. The predicted octanol–water partition coefficient (Wildman–Crippen LogP) is 0.874. The Bertz CT molecular complexity index is 346. The molecule has 0 atom stereocenters. The average Bonchev–Trinajstić information content (AvgIpc) is 2.92. The van der Waals surface area contributed by atoms with Gasteiger partial charge in [0, 0.05) is 12.6 Å². The van der Waals surface area contributed by atoms with Gasteiger partial charge in [-0.2, -0.15) is 10.4 Å². The molecule has 74 valence electrons. The molecule has 0 unspecified atom stereocenters. The van der Waals surface area contributed by atoms with Crippen LogP contribution in [-0.2, 0) is 0 Å². The molecule has 5 heteroatoms. The smallest absolute Gasteiger partial charge is 0.142 e. The van der Waals surface area contributed by atoms with Crippen LogP contribution in [0.1, 0.15) is 19.3 Å². The second kappa shape index (κ2) is 3.58. The van der Waals surface area contributed by atoms with E-state index >= 15 is 0 Å². The fraction of sp³-hybridized carbons (Fsp3) is 0.556. The Balaban J connectivity index is 2.11. The molecule has 0 aliphatic heterocycles. The molecular formula is C9H13N5. The van der Waals surface area contributed by atoms with Crippen molar-refractivity contribution in [3.05, 3.63) is 6.20 Å². The molecule has 1 aliphatic rings. The van der Waals surface area contributed by atoms with Crippen molar-refractivity contribution in [2.75, 3.05) is 17.2 Å². The van der Waals surface area contributed by atoms with Crippen molar-refractivity contribution in [1.29, 1.82) is 5.26 Å². The van der Waals surface area contributed by atoms with E-state index in [9.17, 15) is 0 Å². The van der Waals surface area contributed by atoms with Gasteiger partial charge in [0.15, 0.2) is 0 Å². The van der Waals surface area contributed by atoms with Gasteiger partial charge in [0.25, 0.3) is 0 Å². The van der Waals surface area contributed by atoms with E-state index in [1.165, 1.54) is 12.8 Å². The summed E-state index contributed by atoms with van der Waals surface area (Å²) in [6.45, 7) is 0.741. The minimum Gasteiger partial charge on any atom is -0.382 e. The van der Waals surface area contributed by atoms with Crippen LogP contribution in [0.4, 0.5) is 11.5 Å². The molecular weight excluding hydrogens is 178 g/mol. The maximum absolute atomic E-state index is 8.55. The summed E-state index contributed by atoms with van der Waals surface area (Å²) in [4.78, 5) is 2.17. The Hall–Kier alpha value is -1.70. The summed E-state index contributed by atoms with van der Waals surface area (Å²) in [5.41, 5.74) is 6.67. The summed E-state index contributed by atoms with van der Waals surface area (Å²) >= 11 is 0. The number of hydrogen-bond donors (Lipinski definition) is 2. The number of nitrogens with two attached hydrogens (primary N) is 1. The Morgan fingerprint density at radius 2 is 2.50 bits per heavy atom. The summed E-state index contributed by atoms with van der Waals surface area (Å²) in [6, 6.07) is 2.71. The Morgan fingerprint density at radius 3 is 3.00 bits per heavy atom. The third-order valence-corrected chi connectivity index (χ3v) is 2.41. The van der Waals surface area contributed by atoms with Crippen LogP contribution in [0.25, 0.3) is 0 Å². The fourth-order valence-corrected chi connectivity index (χ4v) is 1.58. The fourth-order valence-electron chi connectivity index (χ4n) is 1.58. The number of nitriles is 1. The molecule has 1 saturated carbocycles. The third-order valence-electron chi connectivity index (χ3n) is 2.41. The molecule has 0 radical (unpaired) electrons. The van der Waals surface area contributed by atoms with E-state index in [2.05, 4.69) is 21.2 Å². The van der Waals surface area contributed by atoms with Crippen LogP contribution in [0.3, 0.4) is 0 Å². The first-order valence-corrected chi connectivity index (χ1v) is 4.75. The van der Waals surface area contributed by atoms with Crippen LogP contribution < -0.4 is 10.6 Å². The maximum Gasteiger partial charge on any atom is 0.142 e. The van der Waals surface area contributed by atoms with E-state index < -0.39 is 0 Å². The Morgan fingerprint density at radius 1 is 1.71 bits per heavy atom. The SMILES string of the molecule is N#CCCN(c1cn[nH]c1N)C1CC1. The van der Waals surface area contributed by atoms with Gasteiger partial charge in [0.1, 0.15) is 5.82 Å². The Kier molecular flexibility index (Phi) is 2.27. The molecule has 1 fully saturated rings.